The highest BCUT2D eigenvalue weighted by atomic mass is 19.4. The molecule has 0 amide bonds. The van der Waals surface area contributed by atoms with Crippen LogP contribution < -0.4 is 4.90 Å². The summed E-state index contributed by atoms with van der Waals surface area (Å²) < 4.78 is 37.7. The van der Waals surface area contributed by atoms with Crippen molar-refractivity contribution < 1.29 is 18.0 Å². The Morgan fingerprint density at radius 2 is 2.06 bits per heavy atom. The Labute approximate surface area is 103 Å². The van der Waals surface area contributed by atoms with Gasteiger partial charge in [-0.25, -0.2) is 0 Å². The van der Waals surface area contributed by atoms with Crippen molar-refractivity contribution in [3.63, 3.8) is 0 Å². The molecular weight excluding hydrogens is 243 g/mol. The van der Waals surface area contributed by atoms with Crippen molar-refractivity contribution in [1.82, 2.24) is 0 Å². The van der Waals surface area contributed by atoms with E-state index in [2.05, 4.69) is 0 Å². The lowest BCUT2D eigenvalue weighted by Crippen LogP contribution is -2.36. The fourth-order valence-corrected chi connectivity index (χ4v) is 2.06. The van der Waals surface area contributed by atoms with Crippen molar-refractivity contribution >= 4 is 12.0 Å². The van der Waals surface area contributed by atoms with E-state index in [0.29, 0.717) is 23.1 Å². The first kappa shape index (κ1) is 12.9. The minimum absolute atomic E-state index is 0.0209. The third-order valence-electron chi connectivity index (χ3n) is 3.00. The number of carbonyl (C=O) groups excluding carboxylic acids is 1. The van der Waals surface area contributed by atoms with Crippen LogP contribution in [-0.2, 0) is 0 Å². The average Bonchev–Trinajstić information content (AvgIpc) is 3.08. The number of rotatable bonds is 4. The van der Waals surface area contributed by atoms with Gasteiger partial charge in [-0.2, -0.15) is 13.2 Å². The van der Waals surface area contributed by atoms with Crippen LogP contribution in [0.15, 0.2) is 18.2 Å². The maximum atomic E-state index is 12.6. The van der Waals surface area contributed by atoms with Gasteiger partial charge in [0.2, 0.25) is 0 Å². The lowest BCUT2D eigenvalue weighted by atomic mass is 10.1. The van der Waals surface area contributed by atoms with Crippen LogP contribution >= 0.6 is 0 Å². The van der Waals surface area contributed by atoms with Gasteiger partial charge in [0.15, 0.2) is 0 Å². The zero-order valence-corrected chi connectivity index (χ0v) is 10.00. The Morgan fingerprint density at radius 1 is 1.39 bits per heavy atom. The Morgan fingerprint density at radius 3 is 2.50 bits per heavy atom. The molecule has 0 heterocycles. The molecule has 0 unspecified atom stereocenters. The second kappa shape index (κ2) is 4.63. The minimum atomic E-state index is -4.21. The van der Waals surface area contributed by atoms with Crippen molar-refractivity contribution in [2.75, 3.05) is 11.4 Å². The SMILES string of the molecule is Cc1cc(C=O)ccc1N(CC(F)(F)F)C1CC1. The van der Waals surface area contributed by atoms with E-state index in [0.717, 1.165) is 12.8 Å². The smallest absolute Gasteiger partial charge is 0.359 e. The largest absolute Gasteiger partial charge is 0.405 e. The van der Waals surface area contributed by atoms with Crippen LogP contribution in [0.5, 0.6) is 0 Å². The van der Waals surface area contributed by atoms with Crippen molar-refractivity contribution in [3.8, 4) is 0 Å². The van der Waals surface area contributed by atoms with Crippen molar-refractivity contribution in [2.45, 2.75) is 32.0 Å². The summed E-state index contributed by atoms with van der Waals surface area (Å²) in [5, 5.41) is 0. The van der Waals surface area contributed by atoms with Gasteiger partial charge in [0, 0.05) is 17.3 Å². The van der Waals surface area contributed by atoms with Gasteiger partial charge in [0.1, 0.15) is 12.8 Å². The first-order chi connectivity index (χ1) is 8.40. The van der Waals surface area contributed by atoms with E-state index in [1.54, 1.807) is 25.1 Å². The van der Waals surface area contributed by atoms with E-state index in [4.69, 9.17) is 0 Å². The highest BCUT2D eigenvalue weighted by molar-refractivity contribution is 5.77. The quantitative estimate of drug-likeness (QED) is 0.771. The molecule has 1 aliphatic carbocycles. The molecule has 0 radical (unpaired) electrons. The third-order valence-corrected chi connectivity index (χ3v) is 3.00. The monoisotopic (exact) mass is 257 g/mol. The molecule has 1 saturated carbocycles. The van der Waals surface area contributed by atoms with E-state index in [1.807, 2.05) is 0 Å². The predicted molar refractivity (Wildman–Crippen MR) is 63.0 cm³/mol. The lowest BCUT2D eigenvalue weighted by molar-refractivity contribution is -0.120. The molecule has 0 spiro atoms. The highest BCUT2D eigenvalue weighted by Crippen LogP contribution is 2.36. The molecular formula is C13H14F3NO. The molecule has 5 heteroatoms. The second-order valence-electron chi connectivity index (χ2n) is 4.64. The van der Waals surface area contributed by atoms with E-state index in [1.165, 1.54) is 4.90 Å². The van der Waals surface area contributed by atoms with Crippen LogP contribution in [0.3, 0.4) is 0 Å². The number of hydrogen-bond donors (Lipinski definition) is 0. The number of carbonyl (C=O) groups is 1. The van der Waals surface area contributed by atoms with E-state index >= 15 is 0 Å². The second-order valence-corrected chi connectivity index (χ2v) is 4.64. The number of anilines is 1. The number of hydrogen-bond acceptors (Lipinski definition) is 2. The Balaban J connectivity index is 2.28. The maximum absolute atomic E-state index is 12.6. The normalized spacial score (nSPS) is 15.6. The summed E-state index contributed by atoms with van der Waals surface area (Å²) in [5.74, 6) is 0. The number of halogens is 3. The summed E-state index contributed by atoms with van der Waals surface area (Å²) in [4.78, 5) is 12.0. The maximum Gasteiger partial charge on any atom is 0.405 e. The van der Waals surface area contributed by atoms with Crippen molar-refractivity contribution in [1.29, 1.82) is 0 Å². The van der Waals surface area contributed by atoms with Crippen LogP contribution in [0.1, 0.15) is 28.8 Å². The molecule has 2 rings (SSSR count). The van der Waals surface area contributed by atoms with Crippen molar-refractivity contribution in [3.05, 3.63) is 29.3 Å². The van der Waals surface area contributed by atoms with E-state index < -0.39 is 12.7 Å². The average molecular weight is 257 g/mol. The van der Waals surface area contributed by atoms with Gasteiger partial charge in [-0.3, -0.25) is 4.79 Å². The van der Waals surface area contributed by atoms with Crippen LogP contribution in [-0.4, -0.2) is 25.0 Å². The van der Waals surface area contributed by atoms with Gasteiger partial charge in [0.05, 0.1) is 0 Å². The summed E-state index contributed by atoms with van der Waals surface area (Å²) in [6.45, 7) is 0.799. The molecule has 0 aliphatic heterocycles. The van der Waals surface area contributed by atoms with E-state index in [-0.39, 0.29) is 6.04 Å². The molecule has 18 heavy (non-hydrogen) atoms. The number of nitrogens with zero attached hydrogens (tertiary/aromatic N) is 1. The molecule has 0 N–H and O–H groups in total. The van der Waals surface area contributed by atoms with Crippen LogP contribution in [0, 0.1) is 6.92 Å². The summed E-state index contributed by atoms with van der Waals surface area (Å²) in [5.41, 5.74) is 1.76. The fourth-order valence-electron chi connectivity index (χ4n) is 2.06. The fraction of sp³-hybridized carbons (Fsp3) is 0.462. The van der Waals surface area contributed by atoms with Gasteiger partial charge in [-0.15, -0.1) is 0 Å². The summed E-state index contributed by atoms with van der Waals surface area (Å²) in [6, 6.07) is 4.76. The first-order valence-electron chi connectivity index (χ1n) is 5.80. The molecule has 1 aromatic rings. The molecule has 0 bridgehead atoms. The molecule has 98 valence electrons. The van der Waals surface area contributed by atoms with E-state index in [9.17, 15) is 18.0 Å². The number of alkyl halides is 3. The van der Waals surface area contributed by atoms with Gasteiger partial charge in [-0.05, 0) is 43.5 Å². The van der Waals surface area contributed by atoms with Crippen molar-refractivity contribution in [2.24, 2.45) is 0 Å². The Hall–Kier alpha value is -1.52. The number of aldehydes is 1. The van der Waals surface area contributed by atoms with Crippen LogP contribution in [0.25, 0.3) is 0 Å². The number of aryl methyl sites for hydroxylation is 1. The predicted octanol–water partition coefficient (Wildman–Crippen LogP) is 3.34. The van der Waals surface area contributed by atoms with Gasteiger partial charge < -0.3 is 4.90 Å². The molecule has 0 saturated heterocycles. The summed E-state index contributed by atoms with van der Waals surface area (Å²) in [6.07, 6.45) is -1.92. The van der Waals surface area contributed by atoms with Crippen LogP contribution in [0.2, 0.25) is 0 Å². The van der Waals surface area contributed by atoms with Gasteiger partial charge in [-0.1, -0.05) is 0 Å². The molecule has 0 aromatic heterocycles. The molecule has 0 atom stereocenters. The topological polar surface area (TPSA) is 20.3 Å². The van der Waals surface area contributed by atoms with Gasteiger partial charge in [0.25, 0.3) is 0 Å². The molecule has 1 aromatic carbocycles. The first-order valence-corrected chi connectivity index (χ1v) is 5.80. The number of benzene rings is 1. The minimum Gasteiger partial charge on any atom is -0.359 e. The van der Waals surface area contributed by atoms with Crippen LogP contribution in [0.4, 0.5) is 18.9 Å². The molecule has 2 nitrogen and oxygen atoms in total. The Kier molecular flexibility index (Phi) is 3.32. The lowest BCUT2D eigenvalue weighted by Gasteiger charge is -2.27. The Bertz CT molecular complexity index is 452. The standard InChI is InChI=1S/C13H14F3NO/c1-9-6-10(7-18)2-5-12(9)17(11-3-4-11)8-13(14,15)16/h2,5-7,11H,3-4,8H2,1H3. The molecule has 1 fully saturated rings. The third kappa shape index (κ3) is 3.03. The molecule has 1 aliphatic rings. The summed E-state index contributed by atoms with van der Waals surface area (Å²) in [7, 11) is 0. The highest BCUT2D eigenvalue weighted by Gasteiger charge is 2.38. The zero-order chi connectivity index (χ0) is 13.3. The summed E-state index contributed by atoms with van der Waals surface area (Å²) >= 11 is 0. The zero-order valence-electron chi connectivity index (χ0n) is 10.00. The van der Waals surface area contributed by atoms with Gasteiger partial charge >= 0.3 is 6.18 Å².